The second kappa shape index (κ2) is 18.5. The summed E-state index contributed by atoms with van der Waals surface area (Å²) in [5.41, 5.74) is 7.70. The van der Waals surface area contributed by atoms with E-state index >= 15 is 0 Å². The van der Waals surface area contributed by atoms with Crippen LogP contribution in [0.5, 0.6) is 5.88 Å². The number of hydrogen-bond acceptors (Lipinski definition) is 15. The van der Waals surface area contributed by atoms with E-state index in [0.717, 1.165) is 110 Å². The fraction of sp³-hybridized carbons (Fsp3) is 0.423. The van der Waals surface area contributed by atoms with Crippen molar-refractivity contribution in [1.29, 1.82) is 0 Å². The molecule has 3 saturated heterocycles. The Kier molecular flexibility index (Phi) is 12.1. The Morgan fingerprint density at radius 3 is 2.36 bits per heavy atom. The minimum atomic E-state index is -0.987. The third-order valence-corrected chi connectivity index (χ3v) is 16.4. The van der Waals surface area contributed by atoms with Crippen LogP contribution in [0.1, 0.15) is 110 Å². The lowest BCUT2D eigenvalue weighted by atomic mass is 9.91. The lowest BCUT2D eigenvalue weighted by Crippen LogP contribution is -2.57. The van der Waals surface area contributed by atoms with E-state index in [0.29, 0.717) is 46.9 Å². The maximum atomic E-state index is 14.1. The lowest BCUT2D eigenvalue weighted by molar-refractivity contribution is -0.136. The summed E-state index contributed by atoms with van der Waals surface area (Å²) < 4.78 is 5.69. The van der Waals surface area contributed by atoms with E-state index < -0.39 is 35.8 Å². The molecule has 0 bridgehead atoms. The van der Waals surface area contributed by atoms with E-state index in [-0.39, 0.29) is 30.4 Å². The molecule has 3 atom stereocenters. The maximum Gasteiger partial charge on any atom is 0.269 e. The van der Waals surface area contributed by atoms with Crippen molar-refractivity contribution in [2.24, 2.45) is 0 Å². The Hall–Kier alpha value is -6.76. The summed E-state index contributed by atoms with van der Waals surface area (Å²) in [5.74, 6) is -0.584. The third-order valence-electron chi connectivity index (χ3n) is 15.1. The first-order valence-corrected chi connectivity index (χ1v) is 25.3. The van der Waals surface area contributed by atoms with Crippen molar-refractivity contribution in [3.05, 3.63) is 98.6 Å². The number of aliphatic hydroxyl groups excluding tert-OH is 1. The van der Waals surface area contributed by atoms with Crippen LogP contribution in [0.2, 0.25) is 0 Å². The molecule has 4 aromatic heterocycles. The number of rotatable bonds is 10. The highest BCUT2D eigenvalue weighted by Crippen LogP contribution is 2.42. The molecule has 0 radical (unpaired) electrons. The first kappa shape index (κ1) is 45.7. The number of carbonyl (C=O) groups excluding carboxylic acids is 5. The SMILES string of the molecule is COc1ncc(-c2ccnc(N3CCc4c(sc5c4CCCC5)C3=O)c2[C@@H](C)O)cc1Nc1ccc(N2CCN(C3CCN(c4ccc5c(c4)C(=O)N([C@H]4CCC(=O)NC4=O)C5=O)CC3)C[C@@H]2C)cn1. The molecule has 1 aliphatic carbocycles. The number of aliphatic hydroxyl groups is 1. The number of imide groups is 2. The molecule has 3 fully saturated rings. The first-order chi connectivity index (χ1) is 33.9. The van der Waals surface area contributed by atoms with Gasteiger partial charge >= 0.3 is 0 Å². The van der Waals surface area contributed by atoms with E-state index in [2.05, 4.69) is 43.3 Å². The fourth-order valence-corrected chi connectivity index (χ4v) is 12.9. The van der Waals surface area contributed by atoms with Crippen LogP contribution in [-0.2, 0) is 28.9 Å². The number of aryl methyl sites for hydroxylation is 1. The average Bonchev–Trinajstić information content (AvgIpc) is 3.88. The molecule has 1 aromatic carbocycles. The maximum absolute atomic E-state index is 14.1. The Labute approximate surface area is 409 Å². The highest BCUT2D eigenvalue weighted by atomic mass is 32.1. The van der Waals surface area contributed by atoms with Crippen LogP contribution in [0.4, 0.5) is 28.7 Å². The number of methoxy groups -OCH3 is 1. The van der Waals surface area contributed by atoms with Gasteiger partial charge in [0.25, 0.3) is 17.7 Å². The number of anilines is 5. The van der Waals surface area contributed by atoms with Crippen molar-refractivity contribution in [2.45, 2.75) is 95.9 Å². The van der Waals surface area contributed by atoms with Crippen LogP contribution in [0, 0.1) is 0 Å². The molecule has 11 rings (SSSR count). The normalized spacial score (nSPS) is 21.4. The molecule has 18 heteroatoms. The number of aromatic nitrogens is 3. The second-order valence-corrected chi connectivity index (χ2v) is 20.3. The van der Waals surface area contributed by atoms with Gasteiger partial charge in [0.05, 0.1) is 41.1 Å². The number of amides is 5. The molecule has 362 valence electrons. The van der Waals surface area contributed by atoms with Gasteiger partial charge in [-0.2, -0.15) is 0 Å². The lowest BCUT2D eigenvalue weighted by Gasteiger charge is -2.46. The van der Waals surface area contributed by atoms with E-state index in [9.17, 15) is 29.1 Å². The summed E-state index contributed by atoms with van der Waals surface area (Å²) in [6.45, 7) is 8.72. The summed E-state index contributed by atoms with van der Waals surface area (Å²) >= 11 is 1.63. The van der Waals surface area contributed by atoms with Gasteiger partial charge in [-0.3, -0.25) is 44.0 Å². The number of pyridine rings is 3. The molecule has 0 saturated carbocycles. The molecule has 0 unspecified atom stereocenters. The van der Waals surface area contributed by atoms with Gasteiger partial charge in [-0.05, 0) is 124 Å². The number of thiophene rings is 1. The minimum Gasteiger partial charge on any atom is -0.480 e. The largest absolute Gasteiger partial charge is 0.480 e. The number of hydrogen-bond donors (Lipinski definition) is 3. The second-order valence-electron chi connectivity index (χ2n) is 19.2. The molecule has 17 nitrogen and oxygen atoms in total. The van der Waals surface area contributed by atoms with Crippen molar-refractivity contribution >= 4 is 69.6 Å². The zero-order valence-electron chi connectivity index (χ0n) is 39.6. The van der Waals surface area contributed by atoms with Gasteiger partial charge in [0.15, 0.2) is 0 Å². The number of piperidine rings is 2. The summed E-state index contributed by atoms with van der Waals surface area (Å²) in [4.78, 5) is 91.3. The van der Waals surface area contributed by atoms with Crippen LogP contribution in [-0.4, -0.2) is 124 Å². The van der Waals surface area contributed by atoms with Crippen LogP contribution in [0.15, 0.2) is 61.1 Å². The number of piperazine rings is 1. The number of fused-ring (bicyclic) bond motifs is 4. The molecule has 70 heavy (non-hydrogen) atoms. The molecule has 6 aliphatic rings. The summed E-state index contributed by atoms with van der Waals surface area (Å²) in [6.07, 6.45) is 11.7. The van der Waals surface area contributed by atoms with Crippen LogP contribution in [0.3, 0.4) is 0 Å². The fourth-order valence-electron chi connectivity index (χ4n) is 11.5. The Bertz CT molecular complexity index is 2930. The number of nitrogens with zero attached hydrogens (tertiary/aromatic N) is 8. The van der Waals surface area contributed by atoms with Crippen molar-refractivity contribution in [1.82, 2.24) is 30.1 Å². The van der Waals surface area contributed by atoms with Gasteiger partial charge in [-0.15, -0.1) is 11.3 Å². The zero-order chi connectivity index (χ0) is 48.4. The number of benzene rings is 1. The van der Waals surface area contributed by atoms with E-state index in [1.807, 2.05) is 30.5 Å². The molecule has 5 aromatic rings. The molecule has 5 amide bonds. The average molecular weight is 965 g/mol. The smallest absolute Gasteiger partial charge is 0.269 e. The quantitative estimate of drug-likeness (QED) is 0.137. The number of nitrogens with one attached hydrogen (secondary N) is 2. The van der Waals surface area contributed by atoms with Crippen LogP contribution < -0.4 is 30.1 Å². The van der Waals surface area contributed by atoms with E-state index in [1.165, 1.54) is 16.0 Å². The highest BCUT2D eigenvalue weighted by Gasteiger charge is 2.45. The van der Waals surface area contributed by atoms with Gasteiger partial charge in [-0.1, -0.05) is 0 Å². The van der Waals surface area contributed by atoms with Gasteiger partial charge in [0.1, 0.15) is 23.4 Å². The third kappa shape index (κ3) is 8.14. The van der Waals surface area contributed by atoms with Crippen LogP contribution in [0.25, 0.3) is 11.1 Å². The molecule has 5 aliphatic heterocycles. The Balaban J connectivity index is 0.724. The summed E-state index contributed by atoms with van der Waals surface area (Å²) in [6, 6.07) is 12.8. The van der Waals surface area contributed by atoms with Gasteiger partial charge < -0.3 is 25.0 Å². The standard InChI is InChI=1S/C52H56N10O7S/c1-29-28-59(32-15-19-58(20-16-32)33-8-10-38-39(25-33)51(67)62(50(38)66)41-11-13-44(64)57-48(41)65)22-23-60(29)34-9-12-43(54-27-34)56-40-24-31(26-55-49(40)69-3)35-14-18-53-47(45(35)30(2)63)61-21-17-37-36-6-4-5-7-42(36)70-46(37)52(61)68/h8-10,12,14,18,24-27,29-30,32,41,63H,4-7,11,13,15-17,19-23,28H2,1-3H3,(H,54,56)(H,57,64,65)/t29-,30+,41-/m0/s1. The summed E-state index contributed by atoms with van der Waals surface area (Å²) in [5, 5.41) is 16.9. The zero-order valence-corrected chi connectivity index (χ0v) is 40.4. The Morgan fingerprint density at radius 1 is 0.800 bits per heavy atom. The van der Waals surface area contributed by atoms with Crippen LogP contribution >= 0.6 is 11.3 Å². The number of carbonyl (C=O) groups is 5. The Morgan fingerprint density at radius 2 is 1.60 bits per heavy atom. The van der Waals surface area contributed by atoms with Crippen molar-refractivity contribution in [2.75, 3.05) is 66.4 Å². The highest BCUT2D eigenvalue weighted by molar-refractivity contribution is 7.14. The van der Waals surface area contributed by atoms with Gasteiger partial charge in [0, 0.05) is 91.9 Å². The molecular weight excluding hydrogens is 909 g/mol. The van der Waals surface area contributed by atoms with Gasteiger partial charge in [-0.25, -0.2) is 15.0 Å². The van der Waals surface area contributed by atoms with E-state index in [4.69, 9.17) is 14.7 Å². The topological polar surface area (TPSA) is 194 Å². The molecule has 3 N–H and O–H groups in total. The number of ether oxygens (including phenoxy) is 1. The minimum absolute atomic E-state index is 0.0516. The molecule has 9 heterocycles. The molecule has 0 spiro atoms. The first-order valence-electron chi connectivity index (χ1n) is 24.5. The molecular formula is C52H56N10O7S. The van der Waals surface area contributed by atoms with Crippen molar-refractivity contribution < 1.29 is 33.8 Å². The van der Waals surface area contributed by atoms with Crippen molar-refractivity contribution in [3.8, 4) is 17.0 Å². The monoisotopic (exact) mass is 964 g/mol. The van der Waals surface area contributed by atoms with Gasteiger partial charge in [0.2, 0.25) is 17.7 Å². The summed E-state index contributed by atoms with van der Waals surface area (Å²) in [7, 11) is 1.57. The van der Waals surface area contributed by atoms with Crippen molar-refractivity contribution in [3.63, 3.8) is 0 Å². The predicted molar refractivity (Wildman–Crippen MR) is 265 cm³/mol. The van der Waals surface area contributed by atoms with E-state index in [1.54, 1.807) is 54.8 Å². The predicted octanol–water partition coefficient (Wildman–Crippen LogP) is 6.07.